The molecule has 0 bridgehead atoms. The van der Waals surface area contributed by atoms with Crippen LogP contribution < -0.4 is 5.32 Å². The monoisotopic (exact) mass is 155 g/mol. The third kappa shape index (κ3) is 1.68. The molecular formula is C8H10FNO. The van der Waals surface area contributed by atoms with Gasteiger partial charge in [-0.2, -0.15) is 0 Å². The fraction of sp³-hybridized carbons (Fsp3) is 0.250. The minimum absolute atomic E-state index is 0.0606. The average molecular weight is 155 g/mol. The van der Waals surface area contributed by atoms with Gasteiger partial charge in [0.25, 0.3) is 0 Å². The van der Waals surface area contributed by atoms with Crippen LogP contribution in [-0.2, 0) is 6.61 Å². The highest BCUT2D eigenvalue weighted by Gasteiger charge is 1.99. The Kier molecular flexibility index (Phi) is 2.44. The summed E-state index contributed by atoms with van der Waals surface area (Å²) in [5.41, 5.74) is 1.12. The number of rotatable bonds is 2. The molecule has 0 aromatic heterocycles. The molecule has 0 aliphatic rings. The van der Waals surface area contributed by atoms with Gasteiger partial charge in [0.1, 0.15) is 5.82 Å². The third-order valence-electron chi connectivity index (χ3n) is 1.48. The molecule has 2 nitrogen and oxygen atoms in total. The van der Waals surface area contributed by atoms with Crippen molar-refractivity contribution in [1.82, 2.24) is 0 Å². The molecule has 0 heterocycles. The summed E-state index contributed by atoms with van der Waals surface area (Å²) in [7, 11) is 1.64. The maximum absolute atomic E-state index is 12.8. The first-order valence-corrected chi connectivity index (χ1v) is 3.35. The first kappa shape index (κ1) is 8.01. The lowest BCUT2D eigenvalue weighted by Crippen LogP contribution is -1.94. The normalized spacial score (nSPS) is 9.73. The van der Waals surface area contributed by atoms with E-state index in [1.165, 1.54) is 6.07 Å². The highest BCUT2D eigenvalue weighted by Crippen LogP contribution is 2.14. The maximum atomic E-state index is 12.8. The Morgan fingerprint density at radius 2 is 2.27 bits per heavy atom. The Hall–Kier alpha value is -1.09. The van der Waals surface area contributed by atoms with Gasteiger partial charge in [-0.05, 0) is 17.7 Å². The molecular weight excluding hydrogens is 145 g/mol. The van der Waals surface area contributed by atoms with Crippen LogP contribution in [0.15, 0.2) is 18.2 Å². The Labute approximate surface area is 64.7 Å². The zero-order valence-corrected chi connectivity index (χ0v) is 6.26. The summed E-state index contributed by atoms with van der Waals surface area (Å²) in [5.74, 6) is -0.301. The van der Waals surface area contributed by atoms with E-state index < -0.39 is 0 Å². The number of hydrogen-bond donors (Lipinski definition) is 2. The van der Waals surface area contributed by atoms with E-state index in [-0.39, 0.29) is 12.4 Å². The van der Waals surface area contributed by atoms with Crippen LogP contribution in [0.4, 0.5) is 10.1 Å². The molecule has 2 N–H and O–H groups in total. The van der Waals surface area contributed by atoms with Crippen molar-refractivity contribution in [2.75, 3.05) is 12.4 Å². The van der Waals surface area contributed by atoms with Crippen molar-refractivity contribution in [2.45, 2.75) is 6.61 Å². The fourth-order valence-corrected chi connectivity index (χ4v) is 0.862. The number of aliphatic hydroxyl groups is 1. The molecule has 1 aromatic carbocycles. The van der Waals surface area contributed by atoms with E-state index in [1.807, 2.05) is 0 Å². The van der Waals surface area contributed by atoms with Crippen LogP contribution in [0, 0.1) is 5.82 Å². The van der Waals surface area contributed by atoms with Gasteiger partial charge in [-0.3, -0.25) is 0 Å². The topological polar surface area (TPSA) is 32.3 Å². The molecule has 0 fully saturated rings. The molecule has 0 radical (unpaired) electrons. The maximum Gasteiger partial charge on any atom is 0.146 e. The van der Waals surface area contributed by atoms with Crippen LogP contribution in [-0.4, -0.2) is 12.2 Å². The number of anilines is 1. The van der Waals surface area contributed by atoms with Crippen LogP contribution in [0.1, 0.15) is 5.56 Å². The number of benzene rings is 1. The van der Waals surface area contributed by atoms with Crippen molar-refractivity contribution in [3.63, 3.8) is 0 Å². The van der Waals surface area contributed by atoms with E-state index in [0.29, 0.717) is 11.3 Å². The number of hydrogen-bond acceptors (Lipinski definition) is 2. The molecule has 3 heteroatoms. The second-order valence-electron chi connectivity index (χ2n) is 2.22. The number of aliphatic hydroxyl groups excluding tert-OH is 1. The molecule has 1 rings (SSSR count). The van der Waals surface area contributed by atoms with Gasteiger partial charge >= 0.3 is 0 Å². The summed E-state index contributed by atoms with van der Waals surface area (Å²) in [4.78, 5) is 0. The van der Waals surface area contributed by atoms with Crippen molar-refractivity contribution >= 4 is 5.69 Å². The van der Waals surface area contributed by atoms with Crippen LogP contribution in [0.3, 0.4) is 0 Å². The molecule has 1 aromatic rings. The van der Waals surface area contributed by atoms with E-state index in [2.05, 4.69) is 5.32 Å². The SMILES string of the molecule is CNc1cc(CO)ccc1F. The number of nitrogens with one attached hydrogen (secondary N) is 1. The van der Waals surface area contributed by atoms with Crippen molar-refractivity contribution < 1.29 is 9.50 Å². The minimum Gasteiger partial charge on any atom is -0.392 e. The van der Waals surface area contributed by atoms with Gasteiger partial charge < -0.3 is 10.4 Å². The minimum atomic E-state index is -0.301. The fourth-order valence-electron chi connectivity index (χ4n) is 0.862. The van der Waals surface area contributed by atoms with Gasteiger partial charge in [0.15, 0.2) is 0 Å². The predicted octanol–water partition coefficient (Wildman–Crippen LogP) is 1.36. The second-order valence-corrected chi connectivity index (χ2v) is 2.22. The summed E-state index contributed by atoms with van der Waals surface area (Å²) in [5, 5.41) is 11.4. The van der Waals surface area contributed by atoms with E-state index in [4.69, 9.17) is 5.11 Å². The molecule has 0 aliphatic carbocycles. The lowest BCUT2D eigenvalue weighted by atomic mass is 10.2. The Morgan fingerprint density at radius 1 is 1.55 bits per heavy atom. The van der Waals surface area contributed by atoms with Crippen molar-refractivity contribution in [1.29, 1.82) is 0 Å². The van der Waals surface area contributed by atoms with Crippen molar-refractivity contribution in [3.05, 3.63) is 29.6 Å². The first-order valence-electron chi connectivity index (χ1n) is 3.35. The predicted molar refractivity (Wildman–Crippen MR) is 41.9 cm³/mol. The number of halogens is 1. The van der Waals surface area contributed by atoms with Gasteiger partial charge in [0.05, 0.1) is 12.3 Å². The molecule has 0 spiro atoms. The molecule has 60 valence electrons. The van der Waals surface area contributed by atoms with Crippen LogP contribution >= 0.6 is 0 Å². The molecule has 11 heavy (non-hydrogen) atoms. The third-order valence-corrected chi connectivity index (χ3v) is 1.48. The van der Waals surface area contributed by atoms with E-state index in [0.717, 1.165) is 0 Å². The smallest absolute Gasteiger partial charge is 0.146 e. The Morgan fingerprint density at radius 3 is 2.82 bits per heavy atom. The van der Waals surface area contributed by atoms with Gasteiger partial charge in [-0.15, -0.1) is 0 Å². The van der Waals surface area contributed by atoms with Crippen molar-refractivity contribution in [3.8, 4) is 0 Å². The Balaban J connectivity index is 3.02. The van der Waals surface area contributed by atoms with Gasteiger partial charge in [-0.1, -0.05) is 6.07 Å². The second kappa shape index (κ2) is 3.34. The highest BCUT2D eigenvalue weighted by molar-refractivity contribution is 5.46. The molecule has 0 unspecified atom stereocenters. The summed E-state index contributed by atoms with van der Waals surface area (Å²) >= 11 is 0. The summed E-state index contributed by atoms with van der Waals surface area (Å²) in [6, 6.07) is 4.46. The Bertz CT molecular complexity index is 250. The summed E-state index contributed by atoms with van der Waals surface area (Å²) in [6.07, 6.45) is 0. The molecule has 0 saturated heterocycles. The van der Waals surface area contributed by atoms with Crippen molar-refractivity contribution in [2.24, 2.45) is 0 Å². The quantitative estimate of drug-likeness (QED) is 0.675. The lowest BCUT2D eigenvalue weighted by Gasteiger charge is -2.03. The molecule has 0 saturated carbocycles. The zero-order valence-electron chi connectivity index (χ0n) is 6.26. The van der Waals surface area contributed by atoms with E-state index in [9.17, 15) is 4.39 Å². The summed E-state index contributed by atoms with van der Waals surface area (Å²) in [6.45, 7) is -0.0606. The molecule has 0 atom stereocenters. The van der Waals surface area contributed by atoms with E-state index >= 15 is 0 Å². The standard InChI is InChI=1S/C8H10FNO/c1-10-8-4-6(5-11)2-3-7(8)9/h2-4,10-11H,5H2,1H3. The lowest BCUT2D eigenvalue weighted by molar-refractivity contribution is 0.282. The molecule has 0 amide bonds. The van der Waals surface area contributed by atoms with Crippen LogP contribution in [0.2, 0.25) is 0 Å². The zero-order chi connectivity index (χ0) is 8.27. The van der Waals surface area contributed by atoms with Gasteiger partial charge in [-0.25, -0.2) is 4.39 Å². The first-order chi connectivity index (χ1) is 5.27. The summed E-state index contributed by atoms with van der Waals surface area (Å²) < 4.78 is 12.8. The average Bonchev–Trinajstić information content (AvgIpc) is 2.05. The van der Waals surface area contributed by atoms with Crippen LogP contribution in [0.25, 0.3) is 0 Å². The largest absolute Gasteiger partial charge is 0.392 e. The van der Waals surface area contributed by atoms with Gasteiger partial charge in [0, 0.05) is 7.05 Å². The van der Waals surface area contributed by atoms with E-state index in [1.54, 1.807) is 19.2 Å². The highest BCUT2D eigenvalue weighted by atomic mass is 19.1. The molecule has 0 aliphatic heterocycles. The van der Waals surface area contributed by atoms with Gasteiger partial charge in [0.2, 0.25) is 0 Å². The van der Waals surface area contributed by atoms with Crippen LogP contribution in [0.5, 0.6) is 0 Å².